The van der Waals surface area contributed by atoms with Crippen molar-refractivity contribution in [2.45, 2.75) is 24.3 Å². The van der Waals surface area contributed by atoms with Gasteiger partial charge in [-0.05, 0) is 31.5 Å². The molecule has 1 aromatic carbocycles. The lowest BCUT2D eigenvalue weighted by Crippen LogP contribution is -2.36. The van der Waals surface area contributed by atoms with E-state index in [4.69, 9.17) is 5.84 Å². The van der Waals surface area contributed by atoms with Crippen LogP contribution in [0.4, 0.5) is 0 Å². The Hall–Kier alpha value is -1.53. The lowest BCUT2D eigenvalue weighted by atomic mass is 10.2. The van der Waals surface area contributed by atoms with Crippen molar-refractivity contribution in [3.05, 3.63) is 23.8 Å². The third kappa shape index (κ3) is 2.59. The van der Waals surface area contributed by atoms with Gasteiger partial charge in [0, 0.05) is 0 Å². The van der Waals surface area contributed by atoms with E-state index in [1.807, 2.05) is 25.1 Å². The second-order valence-corrected chi connectivity index (χ2v) is 5.16. The van der Waals surface area contributed by atoms with E-state index < -0.39 is 0 Å². The number of hydrazine groups is 1. The summed E-state index contributed by atoms with van der Waals surface area (Å²) in [4.78, 5) is 18.9. The number of benzene rings is 1. The van der Waals surface area contributed by atoms with E-state index in [1.54, 1.807) is 6.92 Å². The summed E-state index contributed by atoms with van der Waals surface area (Å²) in [5.41, 5.74) is 5.18. The number of hydrogen-bond donors (Lipinski definition) is 3. The Balaban J connectivity index is 2.22. The molecule has 2 aromatic rings. The fraction of sp³-hybridized carbons (Fsp3) is 0.273. The molecule has 1 amide bonds. The van der Waals surface area contributed by atoms with Gasteiger partial charge in [0.05, 0.1) is 16.3 Å². The summed E-state index contributed by atoms with van der Waals surface area (Å²) in [6, 6.07) is 5.99. The molecule has 5 nitrogen and oxygen atoms in total. The number of aryl methyl sites for hydroxylation is 1. The molecule has 1 aromatic heterocycles. The summed E-state index contributed by atoms with van der Waals surface area (Å²) in [5, 5.41) is 0.448. The molecule has 1 heterocycles. The standard InChI is InChI=1S/C11H14N4OS/c1-6-3-4-8-9(5-6)14-11(13-8)17-7(2)10(16)15-12/h3-5,7H,12H2,1-2H3,(H,13,14)(H,15,16). The number of nitrogens with one attached hydrogen (secondary N) is 2. The molecule has 0 aliphatic heterocycles. The number of aromatic nitrogens is 2. The predicted octanol–water partition coefficient (Wildman–Crippen LogP) is 1.34. The molecule has 0 fully saturated rings. The van der Waals surface area contributed by atoms with Crippen LogP contribution < -0.4 is 11.3 Å². The number of hydrogen-bond acceptors (Lipinski definition) is 4. The molecule has 0 aliphatic carbocycles. The van der Waals surface area contributed by atoms with Crippen molar-refractivity contribution in [3.8, 4) is 0 Å². The highest BCUT2D eigenvalue weighted by atomic mass is 32.2. The highest BCUT2D eigenvalue weighted by molar-refractivity contribution is 8.00. The molecule has 4 N–H and O–H groups in total. The van der Waals surface area contributed by atoms with E-state index in [9.17, 15) is 4.79 Å². The van der Waals surface area contributed by atoms with E-state index in [0.29, 0.717) is 0 Å². The van der Waals surface area contributed by atoms with Crippen molar-refractivity contribution in [3.63, 3.8) is 0 Å². The molecule has 90 valence electrons. The number of imidazole rings is 1. The molecule has 0 aliphatic rings. The van der Waals surface area contributed by atoms with Gasteiger partial charge in [-0.3, -0.25) is 10.2 Å². The van der Waals surface area contributed by atoms with Crippen LogP contribution in [0.25, 0.3) is 11.0 Å². The summed E-state index contributed by atoms with van der Waals surface area (Å²) in [5.74, 6) is 4.86. The Bertz CT molecular complexity index is 551. The first-order valence-electron chi connectivity index (χ1n) is 5.23. The van der Waals surface area contributed by atoms with Crippen LogP contribution in [-0.2, 0) is 4.79 Å². The number of thioether (sulfide) groups is 1. The Morgan fingerprint density at radius 3 is 3.06 bits per heavy atom. The fourth-order valence-electron chi connectivity index (χ4n) is 1.49. The number of fused-ring (bicyclic) bond motifs is 1. The highest BCUT2D eigenvalue weighted by Crippen LogP contribution is 2.23. The van der Waals surface area contributed by atoms with Gasteiger partial charge in [0.25, 0.3) is 0 Å². The van der Waals surface area contributed by atoms with Crippen molar-refractivity contribution in [1.82, 2.24) is 15.4 Å². The molecule has 0 saturated carbocycles. The van der Waals surface area contributed by atoms with Crippen molar-refractivity contribution >= 4 is 28.7 Å². The second-order valence-electron chi connectivity index (χ2n) is 3.83. The molecule has 0 spiro atoms. The number of nitrogens with two attached hydrogens (primary N) is 1. The Kier molecular flexibility index (Phi) is 3.35. The zero-order valence-corrected chi connectivity index (χ0v) is 10.5. The molecular weight excluding hydrogens is 236 g/mol. The van der Waals surface area contributed by atoms with Gasteiger partial charge in [0.2, 0.25) is 5.91 Å². The maximum Gasteiger partial charge on any atom is 0.247 e. The van der Waals surface area contributed by atoms with Gasteiger partial charge in [-0.25, -0.2) is 10.8 Å². The number of aromatic amines is 1. The van der Waals surface area contributed by atoms with Crippen LogP contribution in [0, 0.1) is 6.92 Å². The minimum absolute atomic E-state index is 0.216. The van der Waals surface area contributed by atoms with Crippen LogP contribution in [0.3, 0.4) is 0 Å². The molecule has 1 unspecified atom stereocenters. The average Bonchev–Trinajstić information content (AvgIpc) is 2.69. The van der Waals surface area contributed by atoms with E-state index in [-0.39, 0.29) is 11.2 Å². The number of carbonyl (C=O) groups is 1. The van der Waals surface area contributed by atoms with Gasteiger partial charge in [-0.15, -0.1) is 0 Å². The van der Waals surface area contributed by atoms with Crippen molar-refractivity contribution in [1.29, 1.82) is 0 Å². The SMILES string of the molecule is Cc1ccc2nc(SC(C)C(=O)NN)[nH]c2c1. The maximum absolute atomic E-state index is 11.3. The summed E-state index contributed by atoms with van der Waals surface area (Å²) < 4.78 is 0. The van der Waals surface area contributed by atoms with Crippen molar-refractivity contribution in [2.24, 2.45) is 5.84 Å². The number of amides is 1. The van der Waals surface area contributed by atoms with E-state index >= 15 is 0 Å². The second kappa shape index (κ2) is 4.77. The maximum atomic E-state index is 11.3. The van der Waals surface area contributed by atoms with Crippen LogP contribution in [0.15, 0.2) is 23.4 Å². The van der Waals surface area contributed by atoms with Crippen LogP contribution in [0.1, 0.15) is 12.5 Å². The molecule has 0 bridgehead atoms. The average molecular weight is 250 g/mol. The number of rotatable bonds is 3. The Labute approximate surface area is 103 Å². The molecule has 0 saturated heterocycles. The first-order chi connectivity index (χ1) is 8.10. The topological polar surface area (TPSA) is 83.8 Å². The van der Waals surface area contributed by atoms with E-state index in [1.165, 1.54) is 17.3 Å². The van der Waals surface area contributed by atoms with Crippen LogP contribution in [-0.4, -0.2) is 21.1 Å². The van der Waals surface area contributed by atoms with Crippen LogP contribution in [0.2, 0.25) is 0 Å². The molecule has 6 heteroatoms. The summed E-state index contributed by atoms with van der Waals surface area (Å²) in [6.45, 7) is 3.81. The predicted molar refractivity (Wildman–Crippen MR) is 68.5 cm³/mol. The molecule has 2 rings (SSSR count). The smallest absolute Gasteiger partial charge is 0.247 e. The molecule has 1 atom stereocenters. The Morgan fingerprint density at radius 1 is 1.59 bits per heavy atom. The Morgan fingerprint density at radius 2 is 2.35 bits per heavy atom. The monoisotopic (exact) mass is 250 g/mol. The fourth-order valence-corrected chi connectivity index (χ4v) is 2.32. The highest BCUT2D eigenvalue weighted by Gasteiger charge is 2.15. The van der Waals surface area contributed by atoms with Crippen molar-refractivity contribution in [2.75, 3.05) is 0 Å². The number of carbonyl (C=O) groups excluding carboxylic acids is 1. The lowest BCUT2D eigenvalue weighted by Gasteiger charge is -2.05. The van der Waals surface area contributed by atoms with Gasteiger partial charge in [0.15, 0.2) is 5.16 Å². The lowest BCUT2D eigenvalue weighted by molar-refractivity contribution is -0.120. The zero-order chi connectivity index (χ0) is 12.4. The van der Waals surface area contributed by atoms with Gasteiger partial charge in [-0.1, -0.05) is 17.8 Å². The quantitative estimate of drug-likeness (QED) is 0.332. The summed E-state index contributed by atoms with van der Waals surface area (Å²) >= 11 is 1.35. The molecule has 0 radical (unpaired) electrons. The van der Waals surface area contributed by atoms with Gasteiger partial charge in [0.1, 0.15) is 0 Å². The van der Waals surface area contributed by atoms with Crippen LogP contribution >= 0.6 is 11.8 Å². The summed E-state index contributed by atoms with van der Waals surface area (Å²) in [7, 11) is 0. The normalized spacial score (nSPS) is 12.6. The first-order valence-corrected chi connectivity index (χ1v) is 6.11. The van der Waals surface area contributed by atoms with Gasteiger partial charge < -0.3 is 4.98 Å². The minimum Gasteiger partial charge on any atom is -0.333 e. The molecule has 17 heavy (non-hydrogen) atoms. The van der Waals surface area contributed by atoms with E-state index in [0.717, 1.165) is 16.2 Å². The van der Waals surface area contributed by atoms with E-state index in [2.05, 4.69) is 15.4 Å². The third-order valence-electron chi connectivity index (χ3n) is 2.42. The van der Waals surface area contributed by atoms with Crippen LogP contribution in [0.5, 0.6) is 0 Å². The molecular formula is C11H14N4OS. The van der Waals surface area contributed by atoms with Crippen molar-refractivity contribution < 1.29 is 4.79 Å². The number of H-pyrrole nitrogens is 1. The third-order valence-corrected chi connectivity index (χ3v) is 3.40. The van der Waals surface area contributed by atoms with Gasteiger partial charge in [-0.2, -0.15) is 0 Å². The number of nitrogens with zero attached hydrogens (tertiary/aromatic N) is 1. The van der Waals surface area contributed by atoms with Gasteiger partial charge >= 0.3 is 0 Å². The largest absolute Gasteiger partial charge is 0.333 e. The minimum atomic E-state index is -0.276. The zero-order valence-electron chi connectivity index (χ0n) is 9.65. The summed E-state index contributed by atoms with van der Waals surface area (Å²) in [6.07, 6.45) is 0. The first kappa shape index (κ1) is 11.9.